The monoisotopic (exact) mass is 180 g/mol. The average Bonchev–Trinajstić information content (AvgIpc) is 2.36. The number of rotatable bonds is 3. The summed E-state index contributed by atoms with van der Waals surface area (Å²) < 4.78 is 24.9. The maximum atomic E-state index is 10.9. The van der Waals surface area contributed by atoms with Crippen LogP contribution in [0, 0.1) is 0 Å². The van der Waals surface area contributed by atoms with E-state index >= 15 is 0 Å². The maximum Gasteiger partial charge on any atom is 0.532 e. The average molecular weight is 180 g/mol. The van der Waals surface area contributed by atoms with Gasteiger partial charge >= 0.3 is 7.82 Å². The summed E-state index contributed by atoms with van der Waals surface area (Å²) in [5.41, 5.74) is 0. The molecule has 0 N–H and O–H groups in total. The van der Waals surface area contributed by atoms with Crippen LogP contribution in [0.1, 0.15) is 19.8 Å². The first-order valence-corrected chi connectivity index (χ1v) is 4.96. The fourth-order valence-corrected chi connectivity index (χ4v) is 1.80. The molecule has 0 saturated carbocycles. The third-order valence-electron chi connectivity index (χ3n) is 1.42. The minimum atomic E-state index is -3.14. The summed E-state index contributed by atoms with van der Waals surface area (Å²) in [5, 5.41) is 2.33. The van der Waals surface area contributed by atoms with Crippen molar-refractivity contribution in [2.45, 2.75) is 19.8 Å². The van der Waals surface area contributed by atoms with Crippen LogP contribution in [0.2, 0.25) is 0 Å². The predicted molar refractivity (Wildman–Crippen MR) is 34.3 cm³/mol. The number of hydroxylamine groups is 1. The van der Waals surface area contributed by atoms with Gasteiger partial charge in [0.25, 0.3) is 0 Å². The van der Waals surface area contributed by atoms with Crippen LogP contribution in [-0.2, 0) is 18.4 Å². The van der Waals surface area contributed by atoms with Gasteiger partial charge in [0.1, 0.15) is 0 Å². The Kier molecular flexibility index (Phi) is 1.75. The lowest BCUT2D eigenvalue weighted by Crippen LogP contribution is -2.34. The van der Waals surface area contributed by atoms with E-state index < -0.39 is 7.82 Å². The number of hydrazine groups is 1. The van der Waals surface area contributed by atoms with Gasteiger partial charge in [0.05, 0.1) is 5.34 Å². The SMILES string of the molecule is CCCCN1OP2(=O)ON1O2. The molecule has 0 aliphatic carbocycles. The van der Waals surface area contributed by atoms with Crippen LogP contribution in [-0.4, -0.2) is 17.1 Å². The van der Waals surface area contributed by atoms with Crippen molar-refractivity contribution < 1.29 is 18.4 Å². The van der Waals surface area contributed by atoms with Crippen molar-refractivity contribution in [3.63, 3.8) is 0 Å². The Hall–Kier alpha value is 0.0300. The van der Waals surface area contributed by atoms with Crippen molar-refractivity contribution in [2.24, 2.45) is 0 Å². The van der Waals surface area contributed by atoms with Gasteiger partial charge in [-0.2, -0.15) is 4.62 Å². The van der Waals surface area contributed by atoms with E-state index in [0.717, 1.165) is 18.2 Å². The minimum absolute atomic E-state index is 0.639. The molecule has 0 amide bonds. The zero-order valence-corrected chi connectivity index (χ0v) is 6.99. The fraction of sp³-hybridized carbons (Fsp3) is 1.00. The molecule has 3 heterocycles. The van der Waals surface area contributed by atoms with Gasteiger partial charge in [-0.3, -0.25) is 0 Å². The first kappa shape index (κ1) is 7.67. The van der Waals surface area contributed by atoms with E-state index in [-0.39, 0.29) is 0 Å². The van der Waals surface area contributed by atoms with E-state index in [9.17, 15) is 4.57 Å². The van der Waals surface area contributed by atoms with Crippen LogP contribution in [0.4, 0.5) is 0 Å². The molecule has 64 valence electrons. The van der Waals surface area contributed by atoms with Gasteiger partial charge in [-0.25, -0.2) is 4.57 Å². The third-order valence-corrected chi connectivity index (χ3v) is 2.49. The summed E-state index contributed by atoms with van der Waals surface area (Å²) in [5.74, 6) is 0. The van der Waals surface area contributed by atoms with Crippen LogP contribution in [0.5, 0.6) is 0 Å². The molecule has 0 spiro atoms. The quantitative estimate of drug-likeness (QED) is 0.609. The third kappa shape index (κ3) is 1.22. The Balaban J connectivity index is 1.85. The van der Waals surface area contributed by atoms with Crippen molar-refractivity contribution in [2.75, 3.05) is 6.54 Å². The Labute approximate surface area is 64.1 Å². The Morgan fingerprint density at radius 2 is 2.09 bits per heavy atom. The van der Waals surface area contributed by atoms with Gasteiger partial charge in [0, 0.05) is 6.54 Å². The van der Waals surface area contributed by atoms with Gasteiger partial charge in [-0.05, 0) is 6.42 Å². The first-order chi connectivity index (χ1) is 5.23. The summed E-state index contributed by atoms with van der Waals surface area (Å²) in [6.45, 7) is 2.69. The molecule has 3 aliphatic heterocycles. The fourth-order valence-electron chi connectivity index (χ4n) is 0.850. The molecular weight excluding hydrogens is 171 g/mol. The summed E-state index contributed by atoms with van der Waals surface area (Å²) in [6, 6.07) is 0. The summed E-state index contributed by atoms with van der Waals surface area (Å²) in [6.07, 6.45) is 1.99. The van der Waals surface area contributed by atoms with Gasteiger partial charge < -0.3 is 0 Å². The summed E-state index contributed by atoms with van der Waals surface area (Å²) in [7, 11) is -3.14. The molecule has 7 heteroatoms. The zero-order chi connectivity index (χ0) is 7.90. The van der Waals surface area contributed by atoms with Crippen LogP contribution in [0.25, 0.3) is 0 Å². The standard InChI is InChI=1S/C4H9N2O4P/c1-2-3-4-5-6-9-11(7,8-5)10-6/h2-4H2,1H3. The molecule has 3 saturated heterocycles. The lowest BCUT2D eigenvalue weighted by atomic mass is 10.3. The van der Waals surface area contributed by atoms with Gasteiger partial charge in [0.2, 0.25) is 0 Å². The Morgan fingerprint density at radius 3 is 2.55 bits per heavy atom. The Bertz CT molecular complexity index is 200. The summed E-state index contributed by atoms with van der Waals surface area (Å²) >= 11 is 0. The van der Waals surface area contributed by atoms with Crippen LogP contribution >= 0.6 is 7.82 Å². The molecule has 3 rings (SSSR count). The van der Waals surface area contributed by atoms with Crippen LogP contribution < -0.4 is 0 Å². The van der Waals surface area contributed by atoms with E-state index in [2.05, 4.69) is 16.2 Å². The highest BCUT2D eigenvalue weighted by molar-refractivity contribution is 7.49. The molecule has 0 aromatic carbocycles. The second kappa shape index (κ2) is 2.52. The minimum Gasteiger partial charge on any atom is -0.223 e. The van der Waals surface area contributed by atoms with E-state index in [1.807, 2.05) is 0 Å². The number of hydrogen-bond acceptors (Lipinski definition) is 6. The second-order valence-corrected chi connectivity index (χ2v) is 3.74. The van der Waals surface area contributed by atoms with E-state index in [1.165, 1.54) is 5.17 Å². The smallest absolute Gasteiger partial charge is 0.223 e. The van der Waals surface area contributed by atoms with E-state index in [0.29, 0.717) is 6.54 Å². The zero-order valence-electron chi connectivity index (χ0n) is 6.10. The van der Waals surface area contributed by atoms with Crippen LogP contribution in [0.3, 0.4) is 0 Å². The molecule has 0 aromatic heterocycles. The van der Waals surface area contributed by atoms with E-state index in [1.54, 1.807) is 0 Å². The molecule has 0 unspecified atom stereocenters. The number of unbranched alkanes of at least 4 members (excludes halogenated alkanes) is 1. The molecule has 6 nitrogen and oxygen atoms in total. The molecule has 11 heavy (non-hydrogen) atoms. The number of fused-ring (bicyclic) bond motifs is 1. The van der Waals surface area contributed by atoms with Crippen molar-refractivity contribution in [3.05, 3.63) is 0 Å². The van der Waals surface area contributed by atoms with Crippen molar-refractivity contribution >= 4 is 7.82 Å². The number of hydrogen-bond donors (Lipinski definition) is 0. The molecule has 0 aromatic rings. The predicted octanol–water partition coefficient (Wildman–Crippen LogP) is 1.24. The largest absolute Gasteiger partial charge is 0.532 e. The number of phosphoric acid groups is 1. The topological polar surface area (TPSA) is 51.2 Å². The molecule has 3 aliphatic rings. The number of nitrogens with zero attached hydrogens (tertiary/aromatic N) is 2. The van der Waals surface area contributed by atoms with Crippen LogP contribution in [0.15, 0.2) is 0 Å². The lowest BCUT2D eigenvalue weighted by molar-refractivity contribution is -0.425. The molecule has 0 radical (unpaired) electrons. The highest BCUT2D eigenvalue weighted by Crippen LogP contribution is 2.66. The first-order valence-electron chi connectivity index (χ1n) is 3.50. The molecule has 2 bridgehead atoms. The van der Waals surface area contributed by atoms with Crippen molar-refractivity contribution in [1.82, 2.24) is 10.5 Å². The molecular formula is C4H9N2O4P. The molecule has 3 fully saturated rings. The highest BCUT2D eigenvalue weighted by Gasteiger charge is 2.59. The van der Waals surface area contributed by atoms with E-state index in [4.69, 9.17) is 4.62 Å². The maximum absolute atomic E-state index is 10.9. The highest BCUT2D eigenvalue weighted by atomic mass is 31.2. The molecule has 0 atom stereocenters. The van der Waals surface area contributed by atoms with Gasteiger partial charge in [-0.1, -0.05) is 18.5 Å². The van der Waals surface area contributed by atoms with Crippen molar-refractivity contribution in [3.8, 4) is 0 Å². The van der Waals surface area contributed by atoms with Gasteiger partial charge in [0.15, 0.2) is 0 Å². The Morgan fingerprint density at radius 1 is 1.36 bits per heavy atom. The van der Waals surface area contributed by atoms with Gasteiger partial charge in [-0.15, -0.1) is 9.25 Å². The normalized spacial score (nSPS) is 42.5. The lowest BCUT2D eigenvalue weighted by Gasteiger charge is -2.20. The second-order valence-electron chi connectivity index (χ2n) is 2.36. The van der Waals surface area contributed by atoms with Crippen molar-refractivity contribution in [1.29, 1.82) is 0 Å². The summed E-state index contributed by atoms with van der Waals surface area (Å²) in [4.78, 5) is 0.